The van der Waals surface area contributed by atoms with Crippen LogP contribution in [0.4, 0.5) is 0 Å². The lowest BCUT2D eigenvalue weighted by Gasteiger charge is -2.26. The Morgan fingerprint density at radius 2 is 1.96 bits per heavy atom. The first-order valence-corrected chi connectivity index (χ1v) is 9.29. The Kier molecular flexibility index (Phi) is 5.59. The van der Waals surface area contributed by atoms with Crippen molar-refractivity contribution >= 4 is 22.0 Å². The molecule has 0 unspecified atom stereocenters. The Bertz CT molecular complexity index is 668. The minimum absolute atomic E-state index is 0.183. The quantitative estimate of drug-likeness (QED) is 0.826. The van der Waals surface area contributed by atoms with Crippen molar-refractivity contribution in [1.82, 2.24) is 9.21 Å². The molecule has 5 nitrogen and oxygen atoms in total. The van der Waals surface area contributed by atoms with Gasteiger partial charge >= 0.3 is 0 Å². The van der Waals surface area contributed by atoms with Gasteiger partial charge in [0, 0.05) is 26.7 Å². The van der Waals surface area contributed by atoms with Crippen molar-refractivity contribution in [1.29, 1.82) is 0 Å². The first kappa shape index (κ1) is 17.7. The van der Waals surface area contributed by atoms with Crippen molar-refractivity contribution in [2.45, 2.75) is 31.1 Å². The molecule has 2 atom stereocenters. The molecule has 0 saturated carbocycles. The molecule has 2 rings (SSSR count). The molecule has 0 spiro atoms. The van der Waals surface area contributed by atoms with Crippen molar-refractivity contribution in [2.24, 2.45) is 0 Å². The Morgan fingerprint density at radius 3 is 2.57 bits per heavy atom. The second-order valence-corrected chi connectivity index (χ2v) is 8.22. The van der Waals surface area contributed by atoms with Gasteiger partial charge in [-0.1, -0.05) is 42.5 Å². The number of amides is 1. The van der Waals surface area contributed by atoms with E-state index in [2.05, 4.69) is 0 Å². The summed E-state index contributed by atoms with van der Waals surface area (Å²) in [5, 5.41) is -1.05. The fourth-order valence-electron chi connectivity index (χ4n) is 2.75. The molecule has 1 aliphatic heterocycles. The van der Waals surface area contributed by atoms with E-state index in [4.69, 9.17) is 0 Å². The largest absolute Gasteiger partial charge is 0.348 e. The molecule has 0 aromatic heterocycles. The van der Waals surface area contributed by atoms with Crippen LogP contribution in [-0.2, 0) is 14.8 Å². The molecule has 1 aromatic carbocycles. The van der Waals surface area contributed by atoms with Crippen molar-refractivity contribution in [2.75, 3.05) is 20.6 Å². The van der Waals surface area contributed by atoms with Crippen LogP contribution in [-0.4, -0.2) is 55.5 Å². The SMILES string of the molecule is C[C@@H](C(=O)N(C)C)S(=O)(=O)N1CCC[C@H]1/C=C/c1ccccc1. The van der Waals surface area contributed by atoms with E-state index >= 15 is 0 Å². The molecular formula is C17H24N2O3S. The standard InChI is InChI=1S/C17H24N2O3S/c1-14(17(20)18(2)3)23(21,22)19-13-7-10-16(19)12-11-15-8-5-4-6-9-15/h4-6,8-9,11-12,14,16H,7,10,13H2,1-3H3/b12-11+/t14-,16-/m0/s1. The van der Waals surface area contributed by atoms with Crippen LogP contribution in [0.15, 0.2) is 36.4 Å². The molecule has 0 aliphatic carbocycles. The first-order chi connectivity index (χ1) is 10.8. The molecule has 1 aromatic rings. The van der Waals surface area contributed by atoms with E-state index in [1.807, 2.05) is 42.5 Å². The smallest absolute Gasteiger partial charge is 0.241 e. The summed E-state index contributed by atoms with van der Waals surface area (Å²) in [7, 11) is -0.497. The highest BCUT2D eigenvalue weighted by molar-refractivity contribution is 7.90. The second-order valence-electron chi connectivity index (χ2n) is 6.01. The van der Waals surface area contributed by atoms with Crippen molar-refractivity contribution < 1.29 is 13.2 Å². The fraction of sp³-hybridized carbons (Fsp3) is 0.471. The van der Waals surface area contributed by atoms with Gasteiger partial charge in [-0.2, -0.15) is 4.31 Å². The topological polar surface area (TPSA) is 57.7 Å². The van der Waals surface area contributed by atoms with Crippen LogP contribution in [0.2, 0.25) is 0 Å². The van der Waals surface area contributed by atoms with Crippen LogP contribution in [0.1, 0.15) is 25.3 Å². The number of benzene rings is 1. The number of hydrogen-bond donors (Lipinski definition) is 0. The Hall–Kier alpha value is -1.66. The van der Waals surface area contributed by atoms with Gasteiger partial charge in [-0.3, -0.25) is 4.79 Å². The molecule has 23 heavy (non-hydrogen) atoms. The van der Waals surface area contributed by atoms with E-state index in [1.165, 1.54) is 16.1 Å². The summed E-state index contributed by atoms with van der Waals surface area (Å²) in [5.74, 6) is -0.386. The lowest BCUT2D eigenvalue weighted by atomic mass is 10.1. The average Bonchev–Trinajstić information content (AvgIpc) is 3.01. The molecule has 1 heterocycles. The zero-order valence-corrected chi connectivity index (χ0v) is 14.7. The highest BCUT2D eigenvalue weighted by Gasteiger charge is 2.39. The Morgan fingerprint density at radius 1 is 1.30 bits per heavy atom. The van der Waals surface area contributed by atoms with Gasteiger partial charge in [-0.15, -0.1) is 0 Å². The van der Waals surface area contributed by atoms with Crippen molar-refractivity contribution in [3.63, 3.8) is 0 Å². The molecule has 1 fully saturated rings. The summed E-state index contributed by atoms with van der Waals surface area (Å²) in [6.45, 7) is 1.94. The van der Waals surface area contributed by atoms with Gasteiger partial charge in [0.15, 0.2) is 5.25 Å². The van der Waals surface area contributed by atoms with Crippen LogP contribution >= 0.6 is 0 Å². The number of rotatable bonds is 5. The predicted octanol–water partition coefficient (Wildman–Crippen LogP) is 1.97. The minimum Gasteiger partial charge on any atom is -0.348 e. The van der Waals surface area contributed by atoms with Crippen molar-refractivity contribution in [3.05, 3.63) is 42.0 Å². The summed E-state index contributed by atoms with van der Waals surface area (Å²) >= 11 is 0. The van der Waals surface area contributed by atoms with Gasteiger partial charge in [0.05, 0.1) is 0 Å². The van der Waals surface area contributed by atoms with Gasteiger partial charge in [0.2, 0.25) is 15.9 Å². The molecule has 1 amide bonds. The first-order valence-electron chi connectivity index (χ1n) is 7.79. The van der Waals surface area contributed by atoms with Gasteiger partial charge in [0.1, 0.15) is 0 Å². The third kappa shape index (κ3) is 4.00. The second kappa shape index (κ2) is 7.27. The average molecular weight is 336 g/mol. The summed E-state index contributed by atoms with van der Waals surface area (Å²) in [6, 6.07) is 9.60. The van der Waals surface area contributed by atoms with Crippen LogP contribution in [0.25, 0.3) is 6.08 Å². The fourth-order valence-corrected chi connectivity index (χ4v) is 4.56. The van der Waals surface area contributed by atoms with E-state index in [9.17, 15) is 13.2 Å². The predicted molar refractivity (Wildman–Crippen MR) is 92.3 cm³/mol. The third-order valence-corrected chi connectivity index (χ3v) is 6.32. The van der Waals surface area contributed by atoms with E-state index in [0.29, 0.717) is 6.54 Å². The zero-order chi connectivity index (χ0) is 17.0. The monoisotopic (exact) mass is 336 g/mol. The maximum atomic E-state index is 12.7. The number of hydrogen-bond acceptors (Lipinski definition) is 3. The minimum atomic E-state index is -3.65. The highest BCUT2D eigenvalue weighted by atomic mass is 32.2. The van der Waals surface area contributed by atoms with E-state index in [1.54, 1.807) is 14.1 Å². The van der Waals surface area contributed by atoms with Crippen LogP contribution in [0, 0.1) is 0 Å². The van der Waals surface area contributed by atoms with Crippen LogP contribution in [0.5, 0.6) is 0 Å². The molecule has 126 valence electrons. The van der Waals surface area contributed by atoms with Gasteiger partial charge in [-0.25, -0.2) is 8.42 Å². The lowest BCUT2D eigenvalue weighted by Crippen LogP contribution is -2.46. The van der Waals surface area contributed by atoms with Gasteiger partial charge in [-0.05, 0) is 25.3 Å². The molecule has 0 N–H and O–H groups in total. The van der Waals surface area contributed by atoms with E-state index < -0.39 is 15.3 Å². The zero-order valence-electron chi connectivity index (χ0n) is 13.8. The summed E-state index contributed by atoms with van der Waals surface area (Å²) in [4.78, 5) is 13.4. The number of carbonyl (C=O) groups excluding carboxylic acids is 1. The summed E-state index contributed by atoms with van der Waals surface area (Å²) in [5.41, 5.74) is 1.04. The third-order valence-electron chi connectivity index (χ3n) is 4.12. The van der Waals surface area contributed by atoms with Crippen LogP contribution < -0.4 is 0 Å². The Labute approximate surface area is 138 Å². The molecule has 6 heteroatoms. The summed E-state index contributed by atoms with van der Waals surface area (Å²) in [6.07, 6.45) is 5.46. The summed E-state index contributed by atoms with van der Waals surface area (Å²) < 4.78 is 27.0. The molecule has 0 bridgehead atoms. The molecule has 0 radical (unpaired) electrons. The van der Waals surface area contributed by atoms with Gasteiger partial charge in [0.25, 0.3) is 0 Å². The number of sulfonamides is 1. The molecule has 1 saturated heterocycles. The maximum Gasteiger partial charge on any atom is 0.241 e. The van der Waals surface area contributed by atoms with Gasteiger partial charge < -0.3 is 4.90 Å². The van der Waals surface area contributed by atoms with E-state index in [0.717, 1.165) is 18.4 Å². The number of carbonyl (C=O) groups is 1. The maximum absolute atomic E-state index is 12.7. The van der Waals surface area contributed by atoms with Crippen molar-refractivity contribution in [3.8, 4) is 0 Å². The number of nitrogens with zero attached hydrogens (tertiary/aromatic N) is 2. The molecule has 1 aliphatic rings. The highest BCUT2D eigenvalue weighted by Crippen LogP contribution is 2.25. The Balaban J connectivity index is 2.17. The molecular weight excluding hydrogens is 312 g/mol. The van der Waals surface area contributed by atoms with Crippen LogP contribution in [0.3, 0.4) is 0 Å². The van der Waals surface area contributed by atoms with E-state index in [-0.39, 0.29) is 11.9 Å². The normalized spacial score (nSPS) is 20.7. The lowest BCUT2D eigenvalue weighted by molar-refractivity contribution is -0.128.